The van der Waals surface area contributed by atoms with E-state index in [0.717, 1.165) is 42.5 Å². The molecule has 2 aromatic heterocycles. The molecule has 128 valence electrons. The molecule has 8 heteroatoms. The number of anilines is 1. The molecule has 4 rings (SSSR count). The maximum Gasteiger partial charge on any atom is 0.227 e. The van der Waals surface area contributed by atoms with E-state index in [1.807, 2.05) is 18.1 Å². The Labute approximate surface area is 145 Å². The Balaban J connectivity index is 1.42. The number of likely N-dealkylation sites (tertiary alicyclic amines) is 1. The maximum absolute atomic E-state index is 12.6. The second kappa shape index (κ2) is 5.84. The van der Waals surface area contributed by atoms with Crippen molar-refractivity contribution in [2.24, 2.45) is 13.0 Å². The highest BCUT2D eigenvalue weighted by molar-refractivity contribution is 7.09. The third-order valence-corrected chi connectivity index (χ3v) is 5.91. The Hall–Kier alpha value is -1.96. The summed E-state index contributed by atoms with van der Waals surface area (Å²) in [5.74, 6) is 1.59. The number of nitrogens with one attached hydrogen (secondary N) is 1. The lowest BCUT2D eigenvalue weighted by atomic mass is 9.69. The Bertz CT molecular complexity index is 755. The van der Waals surface area contributed by atoms with E-state index in [1.165, 1.54) is 18.0 Å². The summed E-state index contributed by atoms with van der Waals surface area (Å²) >= 11 is 1.42. The standard InChI is InChI=1S/C16H22N6OS/c1-3-13-18-15(24-20-13)19-16-5-4-12(16)9-22(10-16)14(23)6-11-7-17-21(2)8-11/h7-8,12H,3-6,9-10H2,1-2H3,(H,18,19,20). The third kappa shape index (κ3) is 2.68. The van der Waals surface area contributed by atoms with Gasteiger partial charge in [0.05, 0.1) is 18.2 Å². The van der Waals surface area contributed by atoms with Crippen molar-refractivity contribution in [2.45, 2.75) is 38.1 Å². The summed E-state index contributed by atoms with van der Waals surface area (Å²) < 4.78 is 6.08. The predicted octanol–water partition coefficient (Wildman–Crippen LogP) is 1.48. The molecule has 7 nitrogen and oxygen atoms in total. The molecule has 2 atom stereocenters. The summed E-state index contributed by atoms with van der Waals surface area (Å²) in [4.78, 5) is 19.2. The zero-order chi connectivity index (χ0) is 16.7. The van der Waals surface area contributed by atoms with Crippen LogP contribution in [0.1, 0.15) is 31.2 Å². The molecule has 2 aliphatic rings. The van der Waals surface area contributed by atoms with Gasteiger partial charge in [0.1, 0.15) is 5.82 Å². The molecule has 0 radical (unpaired) electrons. The van der Waals surface area contributed by atoms with Gasteiger partial charge in [-0.05, 0) is 18.4 Å². The van der Waals surface area contributed by atoms with Crippen LogP contribution < -0.4 is 5.32 Å². The number of carbonyl (C=O) groups excluding carboxylic acids is 1. The van der Waals surface area contributed by atoms with Gasteiger partial charge in [-0.25, -0.2) is 4.98 Å². The second-order valence-corrected chi connectivity index (χ2v) is 7.61. The predicted molar refractivity (Wildman–Crippen MR) is 91.9 cm³/mol. The summed E-state index contributed by atoms with van der Waals surface area (Å²) in [6.45, 7) is 3.66. The van der Waals surface area contributed by atoms with Crippen LogP contribution in [-0.2, 0) is 24.7 Å². The number of hydrogen-bond acceptors (Lipinski definition) is 6. The molecule has 1 N–H and O–H groups in total. The number of aromatic nitrogens is 4. The molecule has 3 heterocycles. The summed E-state index contributed by atoms with van der Waals surface area (Å²) in [5.41, 5.74) is 0.968. The molecule has 24 heavy (non-hydrogen) atoms. The van der Waals surface area contributed by atoms with Crippen molar-refractivity contribution in [1.82, 2.24) is 24.0 Å². The van der Waals surface area contributed by atoms with Crippen LogP contribution in [0.2, 0.25) is 0 Å². The van der Waals surface area contributed by atoms with Gasteiger partial charge in [-0.1, -0.05) is 6.92 Å². The fourth-order valence-corrected chi connectivity index (χ4v) is 4.50. The molecule has 2 unspecified atom stereocenters. The molecule has 1 saturated heterocycles. The highest BCUT2D eigenvalue weighted by Gasteiger charge is 2.54. The van der Waals surface area contributed by atoms with E-state index in [2.05, 4.69) is 26.7 Å². The van der Waals surface area contributed by atoms with Gasteiger partial charge in [0.2, 0.25) is 11.0 Å². The minimum absolute atomic E-state index is 0.00482. The molecular formula is C16H22N6OS. The third-order valence-electron chi connectivity index (χ3n) is 5.24. The van der Waals surface area contributed by atoms with Gasteiger partial charge in [-0.2, -0.15) is 9.47 Å². The summed E-state index contributed by atoms with van der Waals surface area (Å²) in [5, 5.41) is 8.62. The van der Waals surface area contributed by atoms with E-state index >= 15 is 0 Å². The minimum Gasteiger partial charge on any atom is -0.353 e. The van der Waals surface area contributed by atoms with E-state index in [0.29, 0.717) is 12.3 Å². The van der Waals surface area contributed by atoms with Gasteiger partial charge < -0.3 is 10.2 Å². The smallest absolute Gasteiger partial charge is 0.227 e. The van der Waals surface area contributed by atoms with Crippen LogP contribution >= 0.6 is 11.5 Å². The van der Waals surface area contributed by atoms with Crippen LogP contribution in [0.15, 0.2) is 12.4 Å². The van der Waals surface area contributed by atoms with Crippen LogP contribution in [0.4, 0.5) is 5.13 Å². The van der Waals surface area contributed by atoms with Crippen molar-refractivity contribution < 1.29 is 4.79 Å². The summed E-state index contributed by atoms with van der Waals surface area (Å²) in [7, 11) is 1.87. The molecule has 2 fully saturated rings. The van der Waals surface area contributed by atoms with E-state index in [9.17, 15) is 4.79 Å². The maximum atomic E-state index is 12.6. The topological polar surface area (TPSA) is 75.9 Å². The van der Waals surface area contributed by atoms with Crippen LogP contribution in [0, 0.1) is 5.92 Å². The first-order valence-corrected chi connectivity index (χ1v) is 9.21. The number of fused-ring (bicyclic) bond motifs is 1. The van der Waals surface area contributed by atoms with E-state index < -0.39 is 0 Å². The van der Waals surface area contributed by atoms with Gasteiger partial charge in [-0.3, -0.25) is 9.48 Å². The Morgan fingerprint density at radius 1 is 1.54 bits per heavy atom. The van der Waals surface area contributed by atoms with E-state index in [1.54, 1.807) is 10.9 Å². The summed E-state index contributed by atoms with van der Waals surface area (Å²) in [6.07, 6.45) is 7.21. The average Bonchev–Trinajstić information content (AvgIpc) is 3.22. The van der Waals surface area contributed by atoms with Crippen LogP contribution in [0.5, 0.6) is 0 Å². The number of rotatable bonds is 5. The molecule has 0 bridgehead atoms. The zero-order valence-electron chi connectivity index (χ0n) is 14.0. The Morgan fingerprint density at radius 3 is 3.04 bits per heavy atom. The highest BCUT2D eigenvalue weighted by atomic mass is 32.1. The monoisotopic (exact) mass is 346 g/mol. The van der Waals surface area contributed by atoms with Crippen molar-refractivity contribution in [2.75, 3.05) is 18.4 Å². The number of carbonyl (C=O) groups is 1. The van der Waals surface area contributed by atoms with Crippen LogP contribution in [0.25, 0.3) is 0 Å². The van der Waals surface area contributed by atoms with E-state index in [-0.39, 0.29) is 11.4 Å². The first-order valence-electron chi connectivity index (χ1n) is 8.44. The van der Waals surface area contributed by atoms with Crippen molar-refractivity contribution in [3.05, 3.63) is 23.8 Å². The van der Waals surface area contributed by atoms with E-state index in [4.69, 9.17) is 0 Å². The minimum atomic E-state index is -0.00482. The molecule has 2 aromatic rings. The first kappa shape index (κ1) is 15.6. The van der Waals surface area contributed by atoms with Crippen LogP contribution in [0.3, 0.4) is 0 Å². The molecule has 0 spiro atoms. The lowest BCUT2D eigenvalue weighted by molar-refractivity contribution is -0.129. The van der Waals surface area contributed by atoms with Crippen molar-refractivity contribution >= 4 is 22.6 Å². The fraction of sp³-hybridized carbons (Fsp3) is 0.625. The lowest BCUT2D eigenvalue weighted by Crippen LogP contribution is -2.53. The second-order valence-electron chi connectivity index (χ2n) is 6.86. The molecule has 1 aliphatic carbocycles. The number of aryl methyl sites for hydroxylation is 2. The molecule has 1 saturated carbocycles. The Kier molecular flexibility index (Phi) is 3.79. The van der Waals surface area contributed by atoms with Crippen molar-refractivity contribution in [3.8, 4) is 0 Å². The molecule has 0 aromatic carbocycles. The highest BCUT2D eigenvalue weighted by Crippen LogP contribution is 2.47. The van der Waals surface area contributed by atoms with Crippen molar-refractivity contribution in [1.29, 1.82) is 0 Å². The number of amides is 1. The normalized spacial score (nSPS) is 25.4. The number of nitrogens with zero attached hydrogens (tertiary/aromatic N) is 5. The van der Waals surface area contributed by atoms with Gasteiger partial charge in [0, 0.05) is 50.2 Å². The average molecular weight is 346 g/mol. The molecule has 1 amide bonds. The number of hydrogen-bond donors (Lipinski definition) is 1. The Morgan fingerprint density at radius 2 is 2.42 bits per heavy atom. The van der Waals surface area contributed by atoms with Crippen molar-refractivity contribution in [3.63, 3.8) is 0 Å². The summed E-state index contributed by atoms with van der Waals surface area (Å²) in [6, 6.07) is 0. The largest absolute Gasteiger partial charge is 0.353 e. The van der Waals surface area contributed by atoms with Gasteiger partial charge in [0.15, 0.2) is 0 Å². The lowest BCUT2D eigenvalue weighted by Gasteiger charge is -2.44. The molecular weight excluding hydrogens is 324 g/mol. The quantitative estimate of drug-likeness (QED) is 0.887. The first-order chi connectivity index (χ1) is 11.6. The van der Waals surface area contributed by atoms with Crippen LogP contribution in [-0.4, -0.2) is 48.6 Å². The van der Waals surface area contributed by atoms with Gasteiger partial charge >= 0.3 is 0 Å². The fourth-order valence-electron chi connectivity index (χ4n) is 3.75. The van der Waals surface area contributed by atoms with Gasteiger partial charge in [0.25, 0.3) is 0 Å². The molecule has 1 aliphatic heterocycles. The SMILES string of the molecule is CCc1nsc(NC23CCC2CN(C(=O)Cc2cnn(C)c2)C3)n1. The zero-order valence-corrected chi connectivity index (χ0v) is 14.8. The van der Waals surface area contributed by atoms with Gasteiger partial charge in [-0.15, -0.1) is 0 Å².